The molecule has 2 heterocycles. The molecule has 0 atom stereocenters. The first-order chi connectivity index (χ1) is 11.2. The highest BCUT2D eigenvalue weighted by Crippen LogP contribution is 2.45. The van der Waals surface area contributed by atoms with Crippen LogP contribution in [-0.4, -0.2) is 11.4 Å². The van der Waals surface area contributed by atoms with Gasteiger partial charge >= 0.3 is 0 Å². The lowest BCUT2D eigenvalue weighted by molar-refractivity contribution is -0.120. The van der Waals surface area contributed by atoms with Gasteiger partial charge in [-0.05, 0) is 52.5 Å². The van der Waals surface area contributed by atoms with E-state index in [9.17, 15) is 10.1 Å². The fourth-order valence-electron chi connectivity index (χ4n) is 4.31. The smallest absolute Gasteiger partial charge is 0.228 e. The maximum Gasteiger partial charge on any atom is 0.228 e. The van der Waals surface area contributed by atoms with Crippen LogP contribution in [0.5, 0.6) is 0 Å². The van der Waals surface area contributed by atoms with Crippen LogP contribution in [0.2, 0.25) is 0 Å². The van der Waals surface area contributed by atoms with Gasteiger partial charge in [-0.15, -0.1) is 11.3 Å². The minimum absolute atomic E-state index is 0.0617. The third-order valence-corrected chi connectivity index (χ3v) is 6.64. The van der Waals surface area contributed by atoms with Crippen LogP contribution in [0.4, 0.5) is 5.00 Å². The molecule has 0 radical (unpaired) electrons. The van der Waals surface area contributed by atoms with Crippen LogP contribution in [0.1, 0.15) is 75.8 Å². The largest absolute Gasteiger partial charge is 0.316 e. The highest BCUT2D eigenvalue weighted by atomic mass is 32.1. The summed E-state index contributed by atoms with van der Waals surface area (Å²) < 4.78 is 0. The van der Waals surface area contributed by atoms with Crippen LogP contribution >= 0.6 is 11.3 Å². The molecule has 0 unspecified atom stereocenters. The van der Waals surface area contributed by atoms with Crippen molar-refractivity contribution in [2.24, 2.45) is 5.92 Å². The number of nitriles is 1. The van der Waals surface area contributed by atoms with Gasteiger partial charge in [-0.3, -0.25) is 4.79 Å². The standard InChI is InChI=1S/C19H27N3OS/c1-18(2)10-13-14(11-20)17(24-15(13)19(3,4)22-18)21-16(23)12-8-6-5-7-9-12/h12,22H,5-10H2,1-4H3,(H,21,23). The van der Waals surface area contributed by atoms with Crippen molar-refractivity contribution in [2.75, 3.05) is 5.32 Å². The molecular weight excluding hydrogens is 318 g/mol. The molecule has 0 aromatic carbocycles. The van der Waals surface area contributed by atoms with Gasteiger partial charge in [-0.1, -0.05) is 19.3 Å². The van der Waals surface area contributed by atoms with E-state index in [-0.39, 0.29) is 22.9 Å². The van der Waals surface area contributed by atoms with Gasteiger partial charge in [-0.2, -0.15) is 5.26 Å². The highest BCUT2D eigenvalue weighted by molar-refractivity contribution is 7.17. The Bertz CT molecular complexity index is 690. The number of nitrogens with one attached hydrogen (secondary N) is 2. The number of anilines is 1. The molecule has 3 rings (SSSR count). The molecule has 24 heavy (non-hydrogen) atoms. The predicted molar refractivity (Wildman–Crippen MR) is 98.2 cm³/mol. The van der Waals surface area contributed by atoms with Gasteiger partial charge in [0.1, 0.15) is 11.1 Å². The molecule has 1 fully saturated rings. The van der Waals surface area contributed by atoms with Gasteiger partial charge < -0.3 is 10.6 Å². The monoisotopic (exact) mass is 345 g/mol. The Balaban J connectivity index is 1.92. The van der Waals surface area contributed by atoms with E-state index in [0.717, 1.165) is 42.7 Å². The van der Waals surface area contributed by atoms with Crippen molar-refractivity contribution in [1.29, 1.82) is 5.26 Å². The van der Waals surface area contributed by atoms with Crippen LogP contribution in [0.3, 0.4) is 0 Å². The van der Waals surface area contributed by atoms with Gasteiger partial charge in [0.05, 0.1) is 5.56 Å². The second-order valence-electron chi connectivity index (χ2n) is 8.36. The van der Waals surface area contributed by atoms with E-state index in [0.29, 0.717) is 5.56 Å². The molecule has 1 aromatic rings. The minimum atomic E-state index is -0.193. The summed E-state index contributed by atoms with van der Waals surface area (Å²) in [7, 11) is 0. The molecule has 0 spiro atoms. The molecule has 1 aromatic heterocycles. The van der Waals surface area contributed by atoms with Crippen molar-refractivity contribution in [1.82, 2.24) is 5.32 Å². The van der Waals surface area contributed by atoms with E-state index in [1.54, 1.807) is 11.3 Å². The SMILES string of the molecule is CC1(C)Cc2c(sc(NC(=O)C3CCCCC3)c2C#N)C(C)(C)N1. The van der Waals surface area contributed by atoms with Crippen LogP contribution in [0.15, 0.2) is 0 Å². The second kappa shape index (κ2) is 6.16. The maximum atomic E-state index is 12.6. The lowest BCUT2D eigenvalue weighted by Crippen LogP contribution is -2.54. The van der Waals surface area contributed by atoms with Crippen LogP contribution in [0.25, 0.3) is 0 Å². The summed E-state index contributed by atoms with van der Waals surface area (Å²) >= 11 is 1.57. The molecule has 1 amide bonds. The number of rotatable bonds is 2. The van der Waals surface area contributed by atoms with Crippen LogP contribution < -0.4 is 10.6 Å². The Morgan fingerprint density at radius 1 is 1.25 bits per heavy atom. The zero-order chi connectivity index (χ0) is 17.5. The third-order valence-electron chi connectivity index (χ3n) is 5.17. The number of hydrogen-bond donors (Lipinski definition) is 2. The Morgan fingerprint density at radius 2 is 1.92 bits per heavy atom. The number of carbonyl (C=O) groups excluding carboxylic acids is 1. The van der Waals surface area contributed by atoms with E-state index in [1.165, 1.54) is 11.3 Å². The molecule has 0 bridgehead atoms. The Hall–Kier alpha value is -1.38. The average Bonchev–Trinajstić information content (AvgIpc) is 2.84. The van der Waals surface area contributed by atoms with Gasteiger partial charge in [-0.25, -0.2) is 0 Å². The summed E-state index contributed by atoms with van der Waals surface area (Å²) in [6.07, 6.45) is 6.25. The Morgan fingerprint density at radius 3 is 2.54 bits per heavy atom. The lowest BCUT2D eigenvalue weighted by Gasteiger charge is -2.42. The van der Waals surface area contributed by atoms with Crippen LogP contribution in [0, 0.1) is 17.2 Å². The van der Waals surface area contributed by atoms with Crippen molar-refractivity contribution in [2.45, 2.75) is 77.3 Å². The van der Waals surface area contributed by atoms with E-state index >= 15 is 0 Å². The first-order valence-corrected chi connectivity index (χ1v) is 9.71. The van der Waals surface area contributed by atoms with Crippen molar-refractivity contribution in [3.63, 3.8) is 0 Å². The van der Waals surface area contributed by atoms with E-state index in [1.807, 2.05) is 0 Å². The summed E-state index contributed by atoms with van der Waals surface area (Å²) in [5.41, 5.74) is 1.52. The summed E-state index contributed by atoms with van der Waals surface area (Å²) in [6.45, 7) is 8.63. The number of carbonyl (C=O) groups is 1. The normalized spacial score (nSPS) is 22.5. The lowest BCUT2D eigenvalue weighted by atomic mass is 9.81. The number of thiophene rings is 1. The molecule has 1 saturated carbocycles. The first kappa shape index (κ1) is 17.4. The first-order valence-electron chi connectivity index (χ1n) is 8.90. The van der Waals surface area contributed by atoms with Gasteiger partial charge in [0.15, 0.2) is 0 Å². The third kappa shape index (κ3) is 3.22. The molecular formula is C19H27N3OS. The van der Waals surface area contributed by atoms with E-state index in [2.05, 4.69) is 44.4 Å². The topological polar surface area (TPSA) is 64.9 Å². The molecule has 1 aliphatic heterocycles. The van der Waals surface area contributed by atoms with E-state index in [4.69, 9.17) is 0 Å². The summed E-state index contributed by atoms with van der Waals surface area (Å²) in [5.74, 6) is 0.196. The fraction of sp³-hybridized carbons (Fsp3) is 0.684. The average molecular weight is 346 g/mol. The zero-order valence-corrected chi connectivity index (χ0v) is 15.9. The zero-order valence-electron chi connectivity index (χ0n) is 15.1. The number of amides is 1. The molecule has 130 valence electrons. The molecule has 4 nitrogen and oxygen atoms in total. The number of hydrogen-bond acceptors (Lipinski definition) is 4. The van der Waals surface area contributed by atoms with Crippen molar-refractivity contribution in [3.05, 3.63) is 16.0 Å². The summed E-state index contributed by atoms with van der Waals surface area (Å²) in [5, 5.41) is 17.2. The Kier molecular flexibility index (Phi) is 4.48. The highest BCUT2D eigenvalue weighted by Gasteiger charge is 2.40. The molecule has 0 saturated heterocycles. The van der Waals surface area contributed by atoms with Gasteiger partial charge in [0, 0.05) is 21.9 Å². The van der Waals surface area contributed by atoms with Gasteiger partial charge in [0.25, 0.3) is 0 Å². The van der Waals surface area contributed by atoms with Gasteiger partial charge in [0.2, 0.25) is 5.91 Å². The van der Waals surface area contributed by atoms with E-state index < -0.39 is 0 Å². The Labute approximate surface area is 148 Å². The maximum absolute atomic E-state index is 12.6. The van der Waals surface area contributed by atoms with Crippen LogP contribution in [-0.2, 0) is 16.8 Å². The molecule has 2 aliphatic rings. The van der Waals surface area contributed by atoms with Crippen molar-refractivity contribution >= 4 is 22.2 Å². The van der Waals surface area contributed by atoms with Crippen molar-refractivity contribution < 1.29 is 4.79 Å². The second-order valence-corrected chi connectivity index (χ2v) is 9.38. The molecule has 2 N–H and O–H groups in total. The number of fused-ring (bicyclic) bond motifs is 1. The van der Waals surface area contributed by atoms with Crippen molar-refractivity contribution in [3.8, 4) is 6.07 Å². The molecule has 5 heteroatoms. The molecule has 1 aliphatic carbocycles. The summed E-state index contributed by atoms with van der Waals surface area (Å²) in [6, 6.07) is 2.36. The number of nitrogens with zero attached hydrogens (tertiary/aromatic N) is 1. The quantitative estimate of drug-likeness (QED) is 0.840. The summed E-state index contributed by atoms with van der Waals surface area (Å²) in [4.78, 5) is 13.8. The fourth-order valence-corrected chi connectivity index (χ4v) is 5.54. The predicted octanol–water partition coefficient (Wildman–Crippen LogP) is 4.30. The minimum Gasteiger partial charge on any atom is -0.316 e.